The fourth-order valence-electron chi connectivity index (χ4n) is 2.12. The van der Waals surface area contributed by atoms with Crippen LogP contribution in [-0.2, 0) is 16.1 Å². The van der Waals surface area contributed by atoms with Crippen molar-refractivity contribution in [2.45, 2.75) is 33.0 Å². The SMILES string of the molecule is COC(=O)c1cc2cc(CO)ccc2n1C(=O)OC(C)(C)C. The third kappa shape index (κ3) is 3.12. The van der Waals surface area contributed by atoms with E-state index in [0.717, 1.165) is 0 Å². The van der Waals surface area contributed by atoms with E-state index in [-0.39, 0.29) is 12.3 Å². The van der Waals surface area contributed by atoms with Gasteiger partial charge in [-0.1, -0.05) is 6.07 Å². The van der Waals surface area contributed by atoms with Gasteiger partial charge in [0.1, 0.15) is 11.3 Å². The predicted molar refractivity (Wildman–Crippen MR) is 80.8 cm³/mol. The molecule has 1 aromatic carbocycles. The van der Waals surface area contributed by atoms with Crippen LogP contribution in [0.2, 0.25) is 0 Å². The molecule has 22 heavy (non-hydrogen) atoms. The Morgan fingerprint density at radius 1 is 1.23 bits per heavy atom. The van der Waals surface area contributed by atoms with Gasteiger partial charge in [-0.2, -0.15) is 0 Å². The quantitative estimate of drug-likeness (QED) is 0.863. The summed E-state index contributed by atoms with van der Waals surface area (Å²) >= 11 is 0. The number of esters is 1. The lowest BCUT2D eigenvalue weighted by atomic mass is 10.1. The second kappa shape index (κ2) is 5.81. The first-order chi connectivity index (χ1) is 10.3. The minimum absolute atomic E-state index is 0.0850. The maximum atomic E-state index is 12.4. The van der Waals surface area contributed by atoms with Crippen LogP contribution in [0.25, 0.3) is 10.9 Å². The maximum absolute atomic E-state index is 12.4. The number of hydrogen-bond acceptors (Lipinski definition) is 5. The van der Waals surface area contributed by atoms with Crippen molar-refractivity contribution >= 4 is 23.0 Å². The highest BCUT2D eigenvalue weighted by molar-refractivity contribution is 6.01. The van der Waals surface area contributed by atoms with Crippen molar-refractivity contribution in [3.63, 3.8) is 0 Å². The predicted octanol–water partition coefficient (Wildman–Crippen LogP) is 2.70. The first kappa shape index (κ1) is 16.0. The number of hydrogen-bond donors (Lipinski definition) is 1. The number of aliphatic hydroxyl groups excluding tert-OH is 1. The molecule has 0 aliphatic rings. The fraction of sp³-hybridized carbons (Fsp3) is 0.375. The zero-order chi connectivity index (χ0) is 16.5. The van der Waals surface area contributed by atoms with Gasteiger partial charge in [0, 0.05) is 5.39 Å². The van der Waals surface area contributed by atoms with Crippen LogP contribution in [0.1, 0.15) is 36.8 Å². The minimum atomic E-state index is -0.688. The van der Waals surface area contributed by atoms with Crippen molar-refractivity contribution in [2.75, 3.05) is 7.11 Å². The number of aliphatic hydroxyl groups is 1. The first-order valence-electron chi connectivity index (χ1n) is 6.83. The number of benzene rings is 1. The van der Waals surface area contributed by atoms with Crippen molar-refractivity contribution in [1.82, 2.24) is 4.57 Å². The van der Waals surface area contributed by atoms with Crippen molar-refractivity contribution in [3.8, 4) is 0 Å². The molecule has 1 N–H and O–H groups in total. The Balaban J connectivity index is 2.62. The lowest BCUT2D eigenvalue weighted by Gasteiger charge is -2.20. The molecule has 6 nitrogen and oxygen atoms in total. The highest BCUT2D eigenvalue weighted by atomic mass is 16.6. The number of aromatic nitrogens is 1. The summed E-state index contributed by atoms with van der Waals surface area (Å²) in [6, 6.07) is 6.61. The van der Waals surface area contributed by atoms with Gasteiger partial charge < -0.3 is 14.6 Å². The molecule has 0 bridgehead atoms. The number of ether oxygens (including phenoxy) is 2. The molecule has 0 aliphatic carbocycles. The van der Waals surface area contributed by atoms with Crippen molar-refractivity contribution in [3.05, 3.63) is 35.5 Å². The van der Waals surface area contributed by atoms with Crippen molar-refractivity contribution < 1.29 is 24.2 Å². The largest absolute Gasteiger partial charge is 0.464 e. The summed E-state index contributed by atoms with van der Waals surface area (Å²) in [6.45, 7) is 5.12. The molecule has 0 spiro atoms. The van der Waals surface area contributed by atoms with Crippen molar-refractivity contribution in [1.29, 1.82) is 0 Å². The number of rotatable bonds is 2. The van der Waals surface area contributed by atoms with Crippen LogP contribution in [0.15, 0.2) is 24.3 Å². The topological polar surface area (TPSA) is 77.8 Å². The lowest BCUT2D eigenvalue weighted by molar-refractivity contribution is 0.0489. The summed E-state index contributed by atoms with van der Waals surface area (Å²) in [4.78, 5) is 24.3. The Morgan fingerprint density at radius 2 is 1.91 bits per heavy atom. The second-order valence-electron chi connectivity index (χ2n) is 5.89. The Bertz CT molecular complexity index is 724. The molecule has 6 heteroatoms. The van der Waals surface area contributed by atoms with Gasteiger partial charge in [-0.25, -0.2) is 14.2 Å². The van der Waals surface area contributed by atoms with E-state index < -0.39 is 17.7 Å². The zero-order valence-corrected chi connectivity index (χ0v) is 13.0. The van der Waals surface area contributed by atoms with E-state index in [4.69, 9.17) is 9.47 Å². The average molecular weight is 305 g/mol. The van der Waals surface area contributed by atoms with Crippen LogP contribution < -0.4 is 0 Å². The number of carbonyl (C=O) groups is 2. The van der Waals surface area contributed by atoms with Crippen LogP contribution in [-0.4, -0.2) is 34.4 Å². The van der Waals surface area contributed by atoms with Gasteiger partial charge in [0.2, 0.25) is 0 Å². The molecule has 0 radical (unpaired) electrons. The summed E-state index contributed by atoms with van der Waals surface area (Å²) in [5.41, 5.74) is 0.602. The van der Waals surface area contributed by atoms with Gasteiger partial charge in [-0.05, 0) is 44.5 Å². The Hall–Kier alpha value is -2.34. The van der Waals surface area contributed by atoms with Crippen LogP contribution in [0, 0.1) is 0 Å². The number of nitrogens with zero attached hydrogens (tertiary/aromatic N) is 1. The Kier molecular flexibility index (Phi) is 4.23. The first-order valence-corrected chi connectivity index (χ1v) is 6.83. The van der Waals surface area contributed by atoms with Crippen molar-refractivity contribution in [2.24, 2.45) is 0 Å². The molecule has 2 aromatic rings. The third-order valence-corrected chi connectivity index (χ3v) is 3.02. The molecule has 0 fully saturated rings. The number of fused-ring (bicyclic) bond motifs is 1. The van der Waals surface area contributed by atoms with Gasteiger partial charge in [-0.15, -0.1) is 0 Å². The Labute approximate surface area is 128 Å². The van der Waals surface area contributed by atoms with E-state index in [0.29, 0.717) is 16.5 Å². The average Bonchev–Trinajstić information content (AvgIpc) is 2.82. The van der Waals surface area contributed by atoms with Gasteiger partial charge in [-0.3, -0.25) is 0 Å². The number of carbonyl (C=O) groups excluding carboxylic acids is 2. The monoisotopic (exact) mass is 305 g/mol. The molecular weight excluding hydrogens is 286 g/mol. The molecule has 118 valence electrons. The normalized spacial score (nSPS) is 11.5. The maximum Gasteiger partial charge on any atom is 0.419 e. The zero-order valence-electron chi connectivity index (χ0n) is 13.0. The molecule has 0 saturated heterocycles. The van der Waals surface area contributed by atoms with Crippen LogP contribution >= 0.6 is 0 Å². The van der Waals surface area contributed by atoms with Crippen LogP contribution in [0.4, 0.5) is 4.79 Å². The molecule has 0 aliphatic heterocycles. The number of methoxy groups -OCH3 is 1. The summed E-state index contributed by atoms with van der Waals surface area (Å²) < 4.78 is 11.3. The molecule has 2 rings (SSSR count). The molecular formula is C16H19NO5. The molecule has 1 heterocycles. The standard InChI is InChI=1S/C16H19NO5/c1-16(2,3)22-15(20)17-12-6-5-10(9-18)7-11(12)8-13(17)14(19)21-4/h5-8,18H,9H2,1-4H3. The summed E-state index contributed by atoms with van der Waals surface area (Å²) in [7, 11) is 1.25. The van der Waals surface area contributed by atoms with E-state index in [9.17, 15) is 14.7 Å². The van der Waals surface area contributed by atoms with E-state index in [1.54, 1.807) is 45.0 Å². The Morgan fingerprint density at radius 3 is 2.45 bits per heavy atom. The van der Waals surface area contributed by atoms with E-state index in [1.165, 1.54) is 11.7 Å². The highest BCUT2D eigenvalue weighted by Gasteiger charge is 2.25. The van der Waals surface area contributed by atoms with E-state index >= 15 is 0 Å². The van der Waals surface area contributed by atoms with Crippen LogP contribution in [0.5, 0.6) is 0 Å². The van der Waals surface area contributed by atoms with Gasteiger partial charge >= 0.3 is 12.1 Å². The molecule has 1 aromatic heterocycles. The molecule has 0 unspecified atom stereocenters. The fourth-order valence-corrected chi connectivity index (χ4v) is 2.12. The second-order valence-corrected chi connectivity index (χ2v) is 5.89. The minimum Gasteiger partial charge on any atom is -0.464 e. The van der Waals surface area contributed by atoms with E-state index in [1.807, 2.05) is 0 Å². The third-order valence-electron chi connectivity index (χ3n) is 3.02. The van der Waals surface area contributed by atoms with E-state index in [2.05, 4.69) is 0 Å². The summed E-state index contributed by atoms with van der Waals surface area (Å²) in [6.07, 6.45) is -0.653. The summed E-state index contributed by atoms with van der Waals surface area (Å²) in [5, 5.41) is 9.85. The summed E-state index contributed by atoms with van der Waals surface area (Å²) in [5.74, 6) is -0.632. The molecule has 0 atom stereocenters. The molecule has 0 amide bonds. The van der Waals surface area contributed by atoms with Gasteiger partial charge in [0.05, 0.1) is 19.2 Å². The van der Waals surface area contributed by atoms with Crippen LogP contribution in [0.3, 0.4) is 0 Å². The smallest absolute Gasteiger partial charge is 0.419 e. The van der Waals surface area contributed by atoms with Gasteiger partial charge in [0.15, 0.2) is 0 Å². The highest BCUT2D eigenvalue weighted by Crippen LogP contribution is 2.24. The van der Waals surface area contributed by atoms with Gasteiger partial charge in [0.25, 0.3) is 0 Å². The lowest BCUT2D eigenvalue weighted by Crippen LogP contribution is -2.29. The molecule has 0 saturated carbocycles.